The second-order valence-electron chi connectivity index (χ2n) is 7.80. The average molecular weight is 380 g/mol. The van der Waals surface area contributed by atoms with Crippen molar-refractivity contribution in [3.63, 3.8) is 0 Å². The maximum absolute atomic E-state index is 12.6. The fourth-order valence-electron chi connectivity index (χ4n) is 3.84. The predicted molar refractivity (Wildman–Crippen MR) is 108 cm³/mol. The first-order valence-electron chi connectivity index (χ1n) is 9.69. The molecular formula is C21H28N6O. The molecule has 0 radical (unpaired) electrons. The first kappa shape index (κ1) is 19.9. The Morgan fingerprint density at radius 3 is 2.54 bits per heavy atom. The number of nitriles is 1. The van der Waals surface area contributed by atoms with E-state index in [1.807, 2.05) is 47.0 Å². The van der Waals surface area contributed by atoms with Crippen LogP contribution in [0, 0.1) is 38.0 Å². The highest BCUT2D eigenvalue weighted by Crippen LogP contribution is 2.27. The molecule has 2 aromatic heterocycles. The van der Waals surface area contributed by atoms with Gasteiger partial charge >= 0.3 is 0 Å². The van der Waals surface area contributed by atoms with Crippen molar-refractivity contribution in [1.82, 2.24) is 19.7 Å². The number of amides is 1. The zero-order valence-corrected chi connectivity index (χ0v) is 17.4. The Morgan fingerprint density at radius 2 is 1.96 bits per heavy atom. The van der Waals surface area contributed by atoms with Gasteiger partial charge in [0.25, 0.3) is 5.91 Å². The summed E-state index contributed by atoms with van der Waals surface area (Å²) >= 11 is 0. The summed E-state index contributed by atoms with van der Waals surface area (Å²) in [6.07, 6.45) is 1.94. The molecule has 0 N–H and O–H groups in total. The minimum absolute atomic E-state index is 0.0335. The molecule has 1 fully saturated rings. The molecule has 7 nitrogen and oxygen atoms in total. The number of aromatic nitrogens is 3. The van der Waals surface area contributed by atoms with Gasteiger partial charge in [-0.1, -0.05) is 0 Å². The molecule has 0 atom stereocenters. The Labute approximate surface area is 166 Å². The van der Waals surface area contributed by atoms with Gasteiger partial charge in [-0.05, 0) is 57.2 Å². The van der Waals surface area contributed by atoms with E-state index in [9.17, 15) is 10.1 Å². The predicted octanol–water partition coefficient (Wildman–Crippen LogP) is 2.60. The van der Waals surface area contributed by atoms with Gasteiger partial charge in [-0.15, -0.1) is 0 Å². The second-order valence-corrected chi connectivity index (χ2v) is 7.80. The standard InChI is InChI=1S/C21H28N6O/c1-14-10-15(2)23-20(18(14)12-22)27-8-6-17(7-9-27)13-25(4)21(28)19-11-16(3)26(5)24-19/h10-11,17H,6-9,13H2,1-5H3. The second kappa shape index (κ2) is 8.01. The fraction of sp³-hybridized carbons (Fsp3) is 0.524. The van der Waals surface area contributed by atoms with Crippen LogP contribution in [-0.2, 0) is 7.05 Å². The summed E-state index contributed by atoms with van der Waals surface area (Å²) in [5.41, 5.74) is 4.05. The molecular weight excluding hydrogens is 352 g/mol. The van der Waals surface area contributed by atoms with Gasteiger partial charge in [0.2, 0.25) is 0 Å². The van der Waals surface area contributed by atoms with Crippen LogP contribution in [-0.4, -0.2) is 52.3 Å². The number of hydrogen-bond donors (Lipinski definition) is 0. The summed E-state index contributed by atoms with van der Waals surface area (Å²) < 4.78 is 1.73. The van der Waals surface area contributed by atoms with Gasteiger partial charge in [-0.2, -0.15) is 10.4 Å². The van der Waals surface area contributed by atoms with Crippen molar-refractivity contribution < 1.29 is 4.79 Å². The summed E-state index contributed by atoms with van der Waals surface area (Å²) in [6.45, 7) is 8.28. The third-order valence-corrected chi connectivity index (χ3v) is 5.56. The lowest BCUT2D eigenvalue weighted by Crippen LogP contribution is -2.40. The summed E-state index contributed by atoms with van der Waals surface area (Å²) in [5, 5.41) is 13.8. The topological polar surface area (TPSA) is 78.0 Å². The molecule has 7 heteroatoms. The van der Waals surface area contributed by atoms with E-state index in [-0.39, 0.29) is 5.91 Å². The number of aryl methyl sites for hydroxylation is 4. The molecule has 0 spiro atoms. The summed E-state index contributed by atoms with van der Waals surface area (Å²) in [7, 11) is 3.69. The first-order chi connectivity index (χ1) is 13.3. The van der Waals surface area contributed by atoms with E-state index >= 15 is 0 Å². The molecule has 1 aliphatic heterocycles. The number of hydrogen-bond acceptors (Lipinski definition) is 5. The zero-order chi connectivity index (χ0) is 20.4. The number of nitrogens with zero attached hydrogens (tertiary/aromatic N) is 6. The van der Waals surface area contributed by atoms with E-state index < -0.39 is 0 Å². The van der Waals surface area contributed by atoms with Gasteiger partial charge < -0.3 is 9.80 Å². The Balaban J connectivity index is 1.62. The van der Waals surface area contributed by atoms with Crippen molar-refractivity contribution in [2.75, 3.05) is 31.6 Å². The molecule has 2 aromatic rings. The highest BCUT2D eigenvalue weighted by molar-refractivity contribution is 5.92. The van der Waals surface area contributed by atoms with Gasteiger partial charge in [-0.25, -0.2) is 4.98 Å². The lowest BCUT2D eigenvalue weighted by molar-refractivity contribution is 0.0758. The maximum atomic E-state index is 12.6. The van der Waals surface area contributed by atoms with Crippen LogP contribution in [0.5, 0.6) is 0 Å². The highest BCUT2D eigenvalue weighted by atomic mass is 16.2. The number of anilines is 1. The largest absolute Gasteiger partial charge is 0.355 e. The van der Waals surface area contributed by atoms with Crippen LogP contribution in [0.3, 0.4) is 0 Å². The summed E-state index contributed by atoms with van der Waals surface area (Å²) in [4.78, 5) is 21.2. The number of piperidine rings is 1. The molecule has 0 aromatic carbocycles. The van der Waals surface area contributed by atoms with Crippen molar-refractivity contribution in [1.29, 1.82) is 5.26 Å². The molecule has 3 heterocycles. The smallest absolute Gasteiger partial charge is 0.274 e. The third-order valence-electron chi connectivity index (χ3n) is 5.56. The molecule has 0 saturated carbocycles. The number of carbonyl (C=O) groups is 1. The van der Waals surface area contributed by atoms with Crippen LogP contribution >= 0.6 is 0 Å². The average Bonchev–Trinajstić information content (AvgIpc) is 3.00. The van der Waals surface area contributed by atoms with Crippen molar-refractivity contribution in [2.24, 2.45) is 13.0 Å². The van der Waals surface area contributed by atoms with Crippen LogP contribution in [0.2, 0.25) is 0 Å². The Morgan fingerprint density at radius 1 is 1.29 bits per heavy atom. The molecule has 0 aliphatic carbocycles. The van der Waals surface area contributed by atoms with Crippen LogP contribution in [0.15, 0.2) is 12.1 Å². The van der Waals surface area contributed by atoms with E-state index in [0.29, 0.717) is 23.7 Å². The summed E-state index contributed by atoms with van der Waals surface area (Å²) in [5.74, 6) is 1.20. The number of rotatable bonds is 4. The van der Waals surface area contributed by atoms with Gasteiger partial charge in [0.05, 0.1) is 5.56 Å². The Kier molecular flexibility index (Phi) is 5.68. The molecule has 1 amide bonds. The highest BCUT2D eigenvalue weighted by Gasteiger charge is 2.26. The van der Waals surface area contributed by atoms with Crippen molar-refractivity contribution in [2.45, 2.75) is 33.6 Å². The quantitative estimate of drug-likeness (QED) is 0.815. The van der Waals surface area contributed by atoms with Gasteiger partial charge in [0.15, 0.2) is 5.69 Å². The minimum atomic E-state index is -0.0335. The normalized spacial score (nSPS) is 14.8. The van der Waals surface area contributed by atoms with E-state index in [0.717, 1.165) is 48.7 Å². The van der Waals surface area contributed by atoms with Crippen molar-refractivity contribution >= 4 is 11.7 Å². The summed E-state index contributed by atoms with van der Waals surface area (Å²) in [6, 6.07) is 6.09. The van der Waals surface area contributed by atoms with Crippen molar-refractivity contribution in [3.8, 4) is 6.07 Å². The lowest BCUT2D eigenvalue weighted by atomic mass is 9.95. The SMILES string of the molecule is Cc1cc(C)c(C#N)c(N2CCC(CN(C)C(=O)c3cc(C)n(C)n3)CC2)n1. The Bertz CT molecular complexity index is 898. The zero-order valence-electron chi connectivity index (χ0n) is 17.4. The maximum Gasteiger partial charge on any atom is 0.274 e. The molecule has 1 aliphatic rings. The molecule has 148 valence electrons. The van der Waals surface area contributed by atoms with Crippen LogP contribution < -0.4 is 4.90 Å². The molecule has 0 unspecified atom stereocenters. The number of carbonyl (C=O) groups excluding carboxylic acids is 1. The van der Waals surface area contributed by atoms with Gasteiger partial charge in [-0.3, -0.25) is 9.48 Å². The number of pyridine rings is 1. The first-order valence-corrected chi connectivity index (χ1v) is 9.69. The van der Waals surface area contributed by atoms with Crippen LogP contribution in [0.25, 0.3) is 0 Å². The van der Waals surface area contributed by atoms with Crippen molar-refractivity contribution in [3.05, 3.63) is 40.3 Å². The van der Waals surface area contributed by atoms with E-state index in [4.69, 9.17) is 0 Å². The minimum Gasteiger partial charge on any atom is -0.355 e. The lowest BCUT2D eigenvalue weighted by Gasteiger charge is -2.35. The van der Waals surface area contributed by atoms with Crippen LogP contribution in [0.4, 0.5) is 5.82 Å². The Hall–Kier alpha value is -2.88. The molecule has 0 bridgehead atoms. The van der Waals surface area contributed by atoms with E-state index in [1.54, 1.807) is 9.58 Å². The van der Waals surface area contributed by atoms with Crippen LogP contribution in [0.1, 0.15) is 45.8 Å². The monoisotopic (exact) mass is 380 g/mol. The molecule has 1 saturated heterocycles. The van der Waals surface area contributed by atoms with Gasteiger partial charge in [0, 0.05) is 45.1 Å². The third kappa shape index (κ3) is 4.01. The van der Waals surface area contributed by atoms with E-state index in [2.05, 4.69) is 21.1 Å². The molecule has 28 heavy (non-hydrogen) atoms. The van der Waals surface area contributed by atoms with E-state index in [1.165, 1.54) is 0 Å². The molecule has 3 rings (SSSR count). The fourth-order valence-corrected chi connectivity index (χ4v) is 3.84. The van der Waals surface area contributed by atoms with Gasteiger partial charge in [0.1, 0.15) is 11.9 Å².